The van der Waals surface area contributed by atoms with Gasteiger partial charge in [0.15, 0.2) is 5.78 Å². The molecule has 1 aliphatic rings. The Morgan fingerprint density at radius 2 is 1.37 bits per heavy atom. The van der Waals surface area contributed by atoms with Gasteiger partial charge >= 0.3 is 0 Å². The summed E-state index contributed by atoms with van der Waals surface area (Å²) in [7, 11) is 1.55. The van der Waals surface area contributed by atoms with E-state index in [0.29, 0.717) is 22.7 Å². The van der Waals surface area contributed by atoms with Crippen molar-refractivity contribution in [3.63, 3.8) is 0 Å². The van der Waals surface area contributed by atoms with E-state index in [9.17, 15) is 9.59 Å². The molecule has 4 rings (SSSR count). The molecule has 1 saturated heterocycles. The van der Waals surface area contributed by atoms with Crippen molar-refractivity contribution in [2.24, 2.45) is 0 Å². The highest BCUT2D eigenvalue weighted by molar-refractivity contribution is 6.36. The zero-order valence-corrected chi connectivity index (χ0v) is 16.3. The van der Waals surface area contributed by atoms with Crippen molar-refractivity contribution in [3.8, 4) is 5.75 Å². The van der Waals surface area contributed by atoms with E-state index in [0.717, 1.165) is 0 Å². The van der Waals surface area contributed by atoms with Crippen molar-refractivity contribution < 1.29 is 14.3 Å². The number of rotatable bonds is 5. The van der Waals surface area contributed by atoms with Crippen LogP contribution < -0.4 is 14.5 Å². The smallest absolute Gasteiger partial charge is 0.282 e. The van der Waals surface area contributed by atoms with Crippen LogP contribution in [0.4, 0.5) is 11.4 Å². The van der Waals surface area contributed by atoms with Gasteiger partial charge in [-0.2, -0.15) is 0 Å². The number of nitrogens with one attached hydrogen (secondary N) is 1. The number of benzene rings is 3. The first-order chi connectivity index (χ1) is 14.6. The minimum atomic E-state index is -0.433. The molecular weight excluding hydrogens is 378 g/mol. The van der Waals surface area contributed by atoms with Crippen molar-refractivity contribution in [2.45, 2.75) is 0 Å². The summed E-state index contributed by atoms with van der Waals surface area (Å²) in [5.74, 6) is -0.160. The number of carbonyl (C=O) groups is 2. The number of ketones is 1. The predicted molar refractivity (Wildman–Crippen MR) is 116 cm³/mol. The Kier molecular flexibility index (Phi) is 5.13. The third-order valence-electron chi connectivity index (χ3n) is 4.76. The van der Waals surface area contributed by atoms with Gasteiger partial charge in [-0.1, -0.05) is 36.4 Å². The lowest BCUT2D eigenvalue weighted by Gasteiger charge is -2.20. The Morgan fingerprint density at radius 1 is 0.833 bits per heavy atom. The molecule has 1 fully saturated rings. The van der Waals surface area contributed by atoms with Gasteiger partial charge in [-0.25, -0.2) is 4.90 Å². The van der Waals surface area contributed by atoms with Gasteiger partial charge < -0.3 is 4.74 Å². The summed E-state index contributed by atoms with van der Waals surface area (Å²) in [5.41, 5.74) is 1.74. The first kappa shape index (κ1) is 19.1. The van der Waals surface area contributed by atoms with Gasteiger partial charge in [0.25, 0.3) is 5.91 Å². The van der Waals surface area contributed by atoms with Crippen LogP contribution in [0.5, 0.6) is 5.75 Å². The highest BCUT2D eigenvalue weighted by Gasteiger charge is 2.40. The van der Waals surface area contributed by atoms with Crippen molar-refractivity contribution in [3.05, 3.63) is 102 Å². The van der Waals surface area contributed by atoms with Crippen LogP contribution >= 0.6 is 0 Å². The van der Waals surface area contributed by atoms with Crippen LogP contribution in [0.2, 0.25) is 0 Å². The maximum atomic E-state index is 13.3. The number of allylic oxidation sites excluding steroid dienone is 1. The number of hydrogen-bond donors (Lipinski definition) is 1. The molecule has 1 amide bonds. The fraction of sp³-hybridized carbons (Fsp3) is 0.0417. The van der Waals surface area contributed by atoms with Crippen molar-refractivity contribution in [2.75, 3.05) is 16.9 Å². The highest BCUT2D eigenvalue weighted by Crippen LogP contribution is 2.31. The summed E-state index contributed by atoms with van der Waals surface area (Å²) in [6.07, 6.45) is 1.29. The lowest BCUT2D eigenvalue weighted by Crippen LogP contribution is -2.33. The molecule has 1 aliphatic heterocycles. The molecule has 148 valence electrons. The standard InChI is InChI=1S/C24H19N3O3/c1-30-20-14-12-17(13-15-20)22(28)16-21-23(29)27(19-10-6-3-7-11-19)24(25)26(21)18-8-4-2-5-9-18/h2-16,25H,1H3/b21-16-,25-24?. The van der Waals surface area contributed by atoms with E-state index in [2.05, 4.69) is 0 Å². The molecule has 1 heterocycles. The van der Waals surface area contributed by atoms with Crippen LogP contribution in [0.3, 0.4) is 0 Å². The second kappa shape index (κ2) is 8.05. The van der Waals surface area contributed by atoms with E-state index in [4.69, 9.17) is 10.1 Å². The molecule has 1 N–H and O–H groups in total. The van der Waals surface area contributed by atoms with Crippen LogP contribution in [0.1, 0.15) is 10.4 Å². The molecule has 0 aromatic heterocycles. The maximum Gasteiger partial charge on any atom is 0.282 e. The molecule has 3 aromatic rings. The molecule has 30 heavy (non-hydrogen) atoms. The number of anilines is 2. The number of guanidine groups is 1. The van der Waals surface area contributed by atoms with Crippen LogP contribution in [0, 0.1) is 5.41 Å². The van der Waals surface area contributed by atoms with Crippen molar-refractivity contribution in [1.82, 2.24) is 0 Å². The Bertz CT molecular complexity index is 1120. The fourth-order valence-electron chi connectivity index (χ4n) is 3.26. The summed E-state index contributed by atoms with van der Waals surface area (Å²) in [6.45, 7) is 0. The molecule has 0 unspecified atom stereocenters. The summed E-state index contributed by atoms with van der Waals surface area (Å²) in [6, 6.07) is 24.7. The molecule has 3 aromatic carbocycles. The molecule has 6 nitrogen and oxygen atoms in total. The van der Waals surface area contributed by atoms with Gasteiger partial charge in [0.1, 0.15) is 11.4 Å². The maximum absolute atomic E-state index is 13.3. The Labute approximate surface area is 174 Å². The molecular formula is C24H19N3O3. The van der Waals surface area contributed by atoms with Gasteiger partial charge in [0.2, 0.25) is 5.96 Å². The second-order valence-corrected chi connectivity index (χ2v) is 6.59. The summed E-state index contributed by atoms with van der Waals surface area (Å²) >= 11 is 0. The third kappa shape index (κ3) is 3.46. The lowest BCUT2D eigenvalue weighted by molar-refractivity contribution is -0.113. The second-order valence-electron chi connectivity index (χ2n) is 6.59. The highest BCUT2D eigenvalue weighted by atomic mass is 16.5. The Hall–Kier alpha value is -4.19. The average Bonchev–Trinajstić information content (AvgIpc) is 3.04. The summed E-state index contributed by atoms with van der Waals surface area (Å²) in [4.78, 5) is 28.9. The SMILES string of the molecule is COc1ccc(C(=O)/C=C2/C(=O)N(c3ccccc3)C(=N)N2c2ccccc2)cc1. The molecule has 0 saturated carbocycles. The van der Waals surface area contributed by atoms with Gasteiger partial charge in [-0.15, -0.1) is 0 Å². The first-order valence-electron chi connectivity index (χ1n) is 9.33. The largest absolute Gasteiger partial charge is 0.497 e. The normalized spacial score (nSPS) is 15.0. The zero-order chi connectivity index (χ0) is 21.1. The predicted octanol–water partition coefficient (Wildman–Crippen LogP) is 4.25. The van der Waals surface area contributed by atoms with Crippen molar-refractivity contribution >= 4 is 29.0 Å². The van der Waals surface area contributed by atoms with Crippen molar-refractivity contribution in [1.29, 1.82) is 5.41 Å². The van der Waals surface area contributed by atoms with Crippen LogP contribution in [-0.2, 0) is 4.79 Å². The molecule has 0 radical (unpaired) electrons. The minimum Gasteiger partial charge on any atom is -0.497 e. The Balaban J connectivity index is 1.77. The van der Waals surface area contributed by atoms with E-state index in [1.165, 1.54) is 15.9 Å². The average molecular weight is 397 g/mol. The molecule has 0 atom stereocenters. The van der Waals surface area contributed by atoms with E-state index >= 15 is 0 Å². The van der Waals surface area contributed by atoms with Crippen LogP contribution in [0.15, 0.2) is 96.7 Å². The summed E-state index contributed by atoms with van der Waals surface area (Å²) < 4.78 is 5.13. The minimum absolute atomic E-state index is 0.0359. The lowest BCUT2D eigenvalue weighted by atomic mass is 10.1. The number of ether oxygens (including phenoxy) is 1. The van der Waals surface area contributed by atoms with Crippen LogP contribution in [0.25, 0.3) is 0 Å². The van der Waals surface area contributed by atoms with Gasteiger partial charge in [0.05, 0.1) is 12.8 Å². The van der Waals surface area contributed by atoms with Gasteiger partial charge in [-0.3, -0.25) is 19.9 Å². The van der Waals surface area contributed by atoms with E-state index < -0.39 is 5.91 Å². The topological polar surface area (TPSA) is 73.7 Å². The monoisotopic (exact) mass is 397 g/mol. The molecule has 0 bridgehead atoms. The zero-order valence-electron chi connectivity index (χ0n) is 16.3. The Morgan fingerprint density at radius 3 is 1.90 bits per heavy atom. The van der Waals surface area contributed by atoms with E-state index in [1.807, 2.05) is 24.3 Å². The summed E-state index contributed by atoms with van der Waals surface area (Å²) in [5, 5.41) is 8.66. The molecule has 0 spiro atoms. The molecule has 0 aliphatic carbocycles. The number of hydrogen-bond acceptors (Lipinski definition) is 4. The quantitative estimate of drug-likeness (QED) is 0.516. The van der Waals surface area contributed by atoms with E-state index in [-0.39, 0.29) is 17.4 Å². The number of nitrogens with zero attached hydrogens (tertiary/aromatic N) is 2. The fourth-order valence-corrected chi connectivity index (χ4v) is 3.26. The third-order valence-corrected chi connectivity index (χ3v) is 4.76. The van der Waals surface area contributed by atoms with Gasteiger partial charge in [0, 0.05) is 17.3 Å². The number of amides is 1. The van der Waals surface area contributed by atoms with Gasteiger partial charge in [-0.05, 0) is 48.5 Å². The first-order valence-corrected chi connectivity index (χ1v) is 9.33. The number of carbonyl (C=O) groups excluding carboxylic acids is 2. The van der Waals surface area contributed by atoms with Crippen LogP contribution in [-0.4, -0.2) is 24.8 Å². The van der Waals surface area contributed by atoms with E-state index in [1.54, 1.807) is 67.8 Å². The number of methoxy groups -OCH3 is 1. The molecule has 6 heteroatoms. The number of para-hydroxylation sites is 2.